The zero-order valence-corrected chi connectivity index (χ0v) is 12.5. The van der Waals surface area contributed by atoms with Crippen LogP contribution in [0.3, 0.4) is 0 Å². The highest BCUT2D eigenvalue weighted by molar-refractivity contribution is 7.11. The zero-order valence-electron chi connectivity index (χ0n) is 11.6. The van der Waals surface area contributed by atoms with E-state index >= 15 is 0 Å². The monoisotopic (exact) mass is 269 g/mol. The van der Waals surface area contributed by atoms with Gasteiger partial charge in [-0.25, -0.2) is 4.98 Å². The molecule has 0 bridgehead atoms. The first-order valence-electron chi connectivity index (χ1n) is 6.30. The molecule has 1 amide bonds. The summed E-state index contributed by atoms with van der Waals surface area (Å²) in [6, 6.07) is 0. The molecule has 0 aliphatic heterocycles. The van der Waals surface area contributed by atoms with Crippen LogP contribution in [-0.4, -0.2) is 29.4 Å². The van der Waals surface area contributed by atoms with Crippen LogP contribution < -0.4 is 5.73 Å². The van der Waals surface area contributed by atoms with Gasteiger partial charge in [0.1, 0.15) is 0 Å². The van der Waals surface area contributed by atoms with E-state index < -0.39 is 0 Å². The van der Waals surface area contributed by atoms with Gasteiger partial charge in [0.2, 0.25) is 5.91 Å². The number of aromatic nitrogens is 1. The Kier molecular flexibility index (Phi) is 5.75. The van der Waals surface area contributed by atoms with Crippen molar-refractivity contribution in [3.8, 4) is 0 Å². The van der Waals surface area contributed by atoms with Gasteiger partial charge in [0.05, 0.1) is 17.5 Å². The summed E-state index contributed by atoms with van der Waals surface area (Å²) in [5, 5.41) is 1.03. The number of carbonyl (C=O) groups is 1. The maximum absolute atomic E-state index is 12.3. The summed E-state index contributed by atoms with van der Waals surface area (Å²) in [5.74, 6) is 0.558. The molecule has 2 N–H and O–H groups in total. The molecule has 18 heavy (non-hydrogen) atoms. The van der Waals surface area contributed by atoms with Crippen molar-refractivity contribution in [1.29, 1.82) is 0 Å². The molecule has 4 nitrogen and oxygen atoms in total. The van der Waals surface area contributed by atoms with Crippen LogP contribution in [0, 0.1) is 18.8 Å². The van der Waals surface area contributed by atoms with Crippen LogP contribution in [0.25, 0.3) is 0 Å². The summed E-state index contributed by atoms with van der Waals surface area (Å²) in [4.78, 5) is 19.3. The lowest BCUT2D eigenvalue weighted by molar-refractivity contribution is -0.134. The minimum atomic E-state index is -0.0657. The predicted molar refractivity (Wildman–Crippen MR) is 75.3 cm³/mol. The molecule has 0 aromatic carbocycles. The molecule has 0 aliphatic rings. The second-order valence-corrected chi connectivity index (χ2v) is 6.42. The van der Waals surface area contributed by atoms with Crippen molar-refractivity contribution in [2.24, 2.45) is 17.6 Å². The van der Waals surface area contributed by atoms with Gasteiger partial charge in [0.25, 0.3) is 0 Å². The lowest BCUT2D eigenvalue weighted by Crippen LogP contribution is -2.36. The van der Waals surface area contributed by atoms with Gasteiger partial charge in [-0.05, 0) is 19.3 Å². The molecule has 5 heteroatoms. The number of hydrogen-bond acceptors (Lipinski definition) is 4. The summed E-state index contributed by atoms with van der Waals surface area (Å²) in [7, 11) is 1.83. The third kappa shape index (κ3) is 4.38. The van der Waals surface area contributed by atoms with E-state index in [-0.39, 0.29) is 11.8 Å². The van der Waals surface area contributed by atoms with Crippen molar-refractivity contribution in [1.82, 2.24) is 9.88 Å². The number of carbonyl (C=O) groups excluding carboxylic acids is 1. The molecule has 102 valence electrons. The Morgan fingerprint density at radius 1 is 1.56 bits per heavy atom. The molecular weight excluding hydrogens is 246 g/mol. The Balaban J connectivity index is 2.59. The number of nitrogens with zero attached hydrogens (tertiary/aromatic N) is 2. The Morgan fingerprint density at radius 3 is 2.67 bits per heavy atom. The second kappa shape index (κ2) is 6.85. The fourth-order valence-corrected chi connectivity index (χ4v) is 2.82. The number of nitrogens with two attached hydrogens (primary N) is 1. The van der Waals surface area contributed by atoms with Gasteiger partial charge in [-0.2, -0.15) is 0 Å². The van der Waals surface area contributed by atoms with E-state index in [0.717, 1.165) is 16.3 Å². The van der Waals surface area contributed by atoms with Crippen LogP contribution in [0.5, 0.6) is 0 Å². The predicted octanol–water partition coefficient (Wildman–Crippen LogP) is 2.03. The van der Waals surface area contributed by atoms with Gasteiger partial charge in [0.15, 0.2) is 0 Å². The summed E-state index contributed by atoms with van der Waals surface area (Å²) in [6.07, 6.45) is 2.69. The van der Waals surface area contributed by atoms with Crippen LogP contribution in [-0.2, 0) is 11.3 Å². The van der Waals surface area contributed by atoms with Crippen molar-refractivity contribution in [2.75, 3.05) is 13.6 Å². The SMILES string of the molecule is Cc1ncc(CN(C)C(=O)C(CN)CC(C)C)s1. The number of hydrogen-bond donors (Lipinski definition) is 1. The third-order valence-corrected chi connectivity index (χ3v) is 3.73. The normalized spacial score (nSPS) is 12.8. The maximum Gasteiger partial charge on any atom is 0.227 e. The van der Waals surface area contributed by atoms with Gasteiger partial charge in [-0.15, -0.1) is 11.3 Å². The standard InChI is InChI=1S/C13H23N3OS/c1-9(2)5-11(6-14)13(17)16(4)8-12-7-15-10(3)18-12/h7,9,11H,5-6,8,14H2,1-4H3. The molecule has 0 fully saturated rings. The van der Waals surface area contributed by atoms with E-state index in [0.29, 0.717) is 19.0 Å². The van der Waals surface area contributed by atoms with Crippen molar-refractivity contribution >= 4 is 17.2 Å². The molecule has 0 spiro atoms. The Labute approximate surface area is 113 Å². The molecule has 1 aromatic rings. The topological polar surface area (TPSA) is 59.2 Å². The molecule has 0 saturated carbocycles. The third-order valence-electron chi connectivity index (χ3n) is 2.83. The van der Waals surface area contributed by atoms with E-state index in [2.05, 4.69) is 18.8 Å². The summed E-state index contributed by atoms with van der Waals surface area (Å²) >= 11 is 1.63. The first-order chi connectivity index (χ1) is 8.43. The van der Waals surface area contributed by atoms with Crippen LogP contribution >= 0.6 is 11.3 Å². The average molecular weight is 269 g/mol. The quantitative estimate of drug-likeness (QED) is 0.859. The Hall–Kier alpha value is -0.940. The molecule has 1 rings (SSSR count). The first-order valence-corrected chi connectivity index (χ1v) is 7.12. The highest BCUT2D eigenvalue weighted by Crippen LogP contribution is 2.17. The number of amides is 1. The number of aryl methyl sites for hydroxylation is 1. The molecule has 1 aromatic heterocycles. The number of thiazole rings is 1. The highest BCUT2D eigenvalue weighted by atomic mass is 32.1. The van der Waals surface area contributed by atoms with Gasteiger partial charge in [-0.1, -0.05) is 13.8 Å². The van der Waals surface area contributed by atoms with Crippen molar-refractivity contribution < 1.29 is 4.79 Å². The summed E-state index contributed by atoms with van der Waals surface area (Å²) in [6.45, 7) is 7.24. The lowest BCUT2D eigenvalue weighted by Gasteiger charge is -2.23. The minimum Gasteiger partial charge on any atom is -0.340 e. The van der Waals surface area contributed by atoms with Gasteiger partial charge in [-0.3, -0.25) is 4.79 Å². The molecule has 1 heterocycles. The van der Waals surface area contributed by atoms with E-state index in [9.17, 15) is 4.79 Å². The summed E-state index contributed by atoms with van der Waals surface area (Å²) in [5.41, 5.74) is 5.70. The molecule has 1 unspecified atom stereocenters. The molecule has 1 atom stereocenters. The lowest BCUT2D eigenvalue weighted by atomic mass is 9.96. The van der Waals surface area contributed by atoms with Gasteiger partial charge >= 0.3 is 0 Å². The van der Waals surface area contributed by atoms with E-state index in [4.69, 9.17) is 5.73 Å². The van der Waals surface area contributed by atoms with Crippen molar-refractivity contribution in [3.05, 3.63) is 16.1 Å². The van der Waals surface area contributed by atoms with Crippen LogP contribution in [0.15, 0.2) is 6.20 Å². The highest BCUT2D eigenvalue weighted by Gasteiger charge is 2.22. The van der Waals surface area contributed by atoms with Crippen LogP contribution in [0.4, 0.5) is 0 Å². The van der Waals surface area contributed by atoms with Crippen LogP contribution in [0.2, 0.25) is 0 Å². The zero-order chi connectivity index (χ0) is 13.7. The smallest absolute Gasteiger partial charge is 0.227 e. The van der Waals surface area contributed by atoms with Crippen LogP contribution in [0.1, 0.15) is 30.2 Å². The average Bonchev–Trinajstić information content (AvgIpc) is 2.70. The second-order valence-electron chi connectivity index (χ2n) is 5.10. The number of rotatable bonds is 6. The Morgan fingerprint density at radius 2 is 2.22 bits per heavy atom. The first kappa shape index (κ1) is 15.1. The van der Waals surface area contributed by atoms with Crippen molar-refractivity contribution in [2.45, 2.75) is 33.7 Å². The minimum absolute atomic E-state index is 0.0657. The van der Waals surface area contributed by atoms with E-state index in [1.165, 1.54) is 0 Å². The summed E-state index contributed by atoms with van der Waals surface area (Å²) < 4.78 is 0. The van der Waals surface area contributed by atoms with Gasteiger partial charge < -0.3 is 10.6 Å². The Bertz CT molecular complexity index is 389. The molecule has 0 aliphatic carbocycles. The van der Waals surface area contributed by atoms with E-state index in [1.54, 1.807) is 16.2 Å². The van der Waals surface area contributed by atoms with Gasteiger partial charge in [0, 0.05) is 24.7 Å². The van der Waals surface area contributed by atoms with E-state index in [1.807, 2.05) is 20.2 Å². The fraction of sp³-hybridized carbons (Fsp3) is 0.692. The molecule has 0 radical (unpaired) electrons. The largest absolute Gasteiger partial charge is 0.340 e. The maximum atomic E-state index is 12.3. The molecular formula is C13H23N3OS. The molecule has 0 saturated heterocycles. The fourth-order valence-electron chi connectivity index (χ4n) is 1.97. The van der Waals surface area contributed by atoms with Crippen molar-refractivity contribution in [3.63, 3.8) is 0 Å².